The number of hydrogen-bond acceptors (Lipinski definition) is 3. The molecule has 5 N–H and O–H groups in total. The molecule has 7 heavy (non-hydrogen) atoms. The third-order valence-corrected chi connectivity index (χ3v) is 0.434. The van der Waals surface area contributed by atoms with E-state index < -0.39 is 6.23 Å². The van der Waals surface area contributed by atoms with Crippen molar-refractivity contribution in [2.24, 2.45) is 11.5 Å². The quantitative estimate of drug-likeness (QED) is 0.377. The van der Waals surface area contributed by atoms with Gasteiger partial charge in [-0.1, -0.05) is 0 Å². The van der Waals surface area contributed by atoms with Gasteiger partial charge in [0.1, 0.15) is 6.23 Å². The minimum absolute atomic E-state index is 0.537. The monoisotopic (exact) mass is 102 g/mol. The summed E-state index contributed by atoms with van der Waals surface area (Å²) in [5, 5.41) is 8.34. The predicted molar refractivity (Wildman–Crippen MR) is 28.1 cm³/mol. The maximum Gasteiger partial charge on any atom is 0.123 e. The van der Waals surface area contributed by atoms with Gasteiger partial charge < -0.3 is 16.6 Å². The van der Waals surface area contributed by atoms with Crippen LogP contribution in [-0.4, -0.2) is 11.3 Å². The first-order valence-corrected chi connectivity index (χ1v) is 2.00. The van der Waals surface area contributed by atoms with Crippen LogP contribution in [0.1, 0.15) is 6.92 Å². The number of allylic oxidation sites excluding steroid dienone is 1. The molecule has 0 fully saturated rings. The lowest BCUT2D eigenvalue weighted by atomic mass is 10.4. The standard InChI is InChI=1S/C4H10N2O/c1-3(5)2-4(6)7/h2,4,7H,5-6H2,1H3/b3-2-/t4-/m0/s1. The minimum Gasteiger partial charge on any atom is -0.402 e. The summed E-state index contributed by atoms with van der Waals surface area (Å²) in [5.41, 5.74) is 10.5. The van der Waals surface area contributed by atoms with E-state index in [1.54, 1.807) is 6.92 Å². The minimum atomic E-state index is -0.912. The summed E-state index contributed by atoms with van der Waals surface area (Å²) in [4.78, 5) is 0. The SMILES string of the molecule is C/C(N)=C/[C@@H](N)O. The van der Waals surface area contributed by atoms with Gasteiger partial charge in [-0.15, -0.1) is 0 Å². The smallest absolute Gasteiger partial charge is 0.123 e. The van der Waals surface area contributed by atoms with Crippen LogP contribution in [0.5, 0.6) is 0 Å². The Labute approximate surface area is 42.6 Å². The van der Waals surface area contributed by atoms with E-state index in [0.717, 1.165) is 0 Å². The van der Waals surface area contributed by atoms with E-state index >= 15 is 0 Å². The molecule has 0 saturated heterocycles. The summed E-state index contributed by atoms with van der Waals surface area (Å²) in [7, 11) is 0. The maximum absolute atomic E-state index is 8.34. The molecule has 0 heterocycles. The molecule has 0 spiro atoms. The van der Waals surface area contributed by atoms with Crippen molar-refractivity contribution in [1.82, 2.24) is 0 Å². The molecule has 3 heteroatoms. The van der Waals surface area contributed by atoms with Crippen LogP contribution in [0.2, 0.25) is 0 Å². The highest BCUT2D eigenvalue weighted by Gasteiger charge is 1.84. The Hall–Kier alpha value is -0.540. The van der Waals surface area contributed by atoms with Crippen molar-refractivity contribution in [3.8, 4) is 0 Å². The lowest BCUT2D eigenvalue weighted by Gasteiger charge is -1.93. The first-order chi connectivity index (χ1) is 3.13. The fourth-order valence-corrected chi connectivity index (χ4v) is 0.269. The fourth-order valence-electron chi connectivity index (χ4n) is 0.269. The number of hydrogen-bond donors (Lipinski definition) is 3. The van der Waals surface area contributed by atoms with Crippen molar-refractivity contribution in [3.63, 3.8) is 0 Å². The van der Waals surface area contributed by atoms with E-state index in [4.69, 9.17) is 16.6 Å². The Bertz CT molecular complexity index is 73.8. The van der Waals surface area contributed by atoms with Crippen molar-refractivity contribution in [3.05, 3.63) is 11.8 Å². The fraction of sp³-hybridized carbons (Fsp3) is 0.500. The van der Waals surface area contributed by atoms with Gasteiger partial charge in [-0.3, -0.25) is 0 Å². The Kier molecular flexibility index (Phi) is 2.40. The highest BCUT2D eigenvalue weighted by molar-refractivity contribution is 4.94. The van der Waals surface area contributed by atoms with E-state index in [1.807, 2.05) is 0 Å². The van der Waals surface area contributed by atoms with Gasteiger partial charge in [0.05, 0.1) is 0 Å². The van der Waals surface area contributed by atoms with Crippen LogP contribution >= 0.6 is 0 Å². The van der Waals surface area contributed by atoms with E-state index in [0.29, 0.717) is 5.70 Å². The zero-order valence-electron chi connectivity index (χ0n) is 4.26. The van der Waals surface area contributed by atoms with Gasteiger partial charge in [0.15, 0.2) is 0 Å². The van der Waals surface area contributed by atoms with Crippen LogP contribution in [0, 0.1) is 0 Å². The number of rotatable bonds is 1. The van der Waals surface area contributed by atoms with Gasteiger partial charge in [-0.05, 0) is 13.0 Å². The number of aliphatic hydroxyl groups is 1. The van der Waals surface area contributed by atoms with Gasteiger partial charge in [0.25, 0.3) is 0 Å². The molecule has 0 aromatic heterocycles. The van der Waals surface area contributed by atoms with Gasteiger partial charge in [-0.25, -0.2) is 0 Å². The molecule has 0 unspecified atom stereocenters. The summed E-state index contributed by atoms with van der Waals surface area (Å²) < 4.78 is 0. The maximum atomic E-state index is 8.34. The highest BCUT2D eigenvalue weighted by Crippen LogP contribution is 1.79. The largest absolute Gasteiger partial charge is 0.402 e. The Balaban J connectivity index is 3.45. The highest BCUT2D eigenvalue weighted by atomic mass is 16.3. The molecule has 42 valence electrons. The molecular weight excluding hydrogens is 92.1 g/mol. The van der Waals surface area contributed by atoms with E-state index in [2.05, 4.69) is 0 Å². The van der Waals surface area contributed by atoms with Crippen molar-refractivity contribution in [2.45, 2.75) is 13.2 Å². The second-order valence-corrected chi connectivity index (χ2v) is 1.40. The van der Waals surface area contributed by atoms with Gasteiger partial charge in [0, 0.05) is 5.70 Å². The first kappa shape index (κ1) is 6.46. The molecule has 0 aromatic rings. The molecule has 0 aromatic carbocycles. The Morgan fingerprint density at radius 3 is 2.29 bits per heavy atom. The summed E-state index contributed by atoms with van der Waals surface area (Å²) in [5.74, 6) is 0. The van der Waals surface area contributed by atoms with Crippen LogP contribution in [0.4, 0.5) is 0 Å². The van der Waals surface area contributed by atoms with Gasteiger partial charge >= 0.3 is 0 Å². The van der Waals surface area contributed by atoms with E-state index in [-0.39, 0.29) is 0 Å². The third-order valence-electron chi connectivity index (χ3n) is 0.434. The molecule has 0 aliphatic heterocycles. The topological polar surface area (TPSA) is 72.3 Å². The summed E-state index contributed by atoms with van der Waals surface area (Å²) in [6.45, 7) is 1.66. The van der Waals surface area contributed by atoms with Gasteiger partial charge in [0.2, 0.25) is 0 Å². The van der Waals surface area contributed by atoms with E-state index in [9.17, 15) is 0 Å². The van der Waals surface area contributed by atoms with Crippen molar-refractivity contribution in [1.29, 1.82) is 0 Å². The summed E-state index contributed by atoms with van der Waals surface area (Å²) >= 11 is 0. The van der Waals surface area contributed by atoms with Crippen LogP contribution in [0.15, 0.2) is 11.8 Å². The second kappa shape index (κ2) is 2.60. The van der Waals surface area contributed by atoms with Crippen molar-refractivity contribution in [2.75, 3.05) is 0 Å². The zero-order chi connectivity index (χ0) is 5.86. The number of nitrogens with two attached hydrogens (primary N) is 2. The normalized spacial score (nSPS) is 16.7. The molecule has 1 atom stereocenters. The third kappa shape index (κ3) is 5.46. The average Bonchev–Trinajstić information content (AvgIpc) is 1.27. The molecular formula is C4H10N2O. The van der Waals surface area contributed by atoms with Gasteiger partial charge in [-0.2, -0.15) is 0 Å². The summed E-state index contributed by atoms with van der Waals surface area (Å²) in [6.07, 6.45) is 0.449. The molecule has 0 aliphatic carbocycles. The molecule has 0 bridgehead atoms. The molecule has 0 radical (unpaired) electrons. The molecule has 0 rings (SSSR count). The first-order valence-electron chi connectivity index (χ1n) is 2.00. The molecule has 3 nitrogen and oxygen atoms in total. The van der Waals surface area contributed by atoms with Crippen LogP contribution in [0.3, 0.4) is 0 Å². The second-order valence-electron chi connectivity index (χ2n) is 1.40. The lowest BCUT2D eigenvalue weighted by molar-refractivity contribution is 0.231. The summed E-state index contributed by atoms with van der Waals surface area (Å²) in [6, 6.07) is 0. The lowest BCUT2D eigenvalue weighted by Crippen LogP contribution is -2.16. The predicted octanol–water partition coefficient (Wildman–Crippen LogP) is -0.874. The molecule has 0 aliphatic rings. The molecule has 0 amide bonds. The zero-order valence-corrected chi connectivity index (χ0v) is 4.26. The van der Waals surface area contributed by atoms with E-state index in [1.165, 1.54) is 6.08 Å². The Morgan fingerprint density at radius 2 is 2.29 bits per heavy atom. The van der Waals surface area contributed by atoms with Crippen LogP contribution < -0.4 is 11.5 Å². The van der Waals surface area contributed by atoms with Crippen molar-refractivity contribution >= 4 is 0 Å². The number of aliphatic hydroxyl groups excluding tert-OH is 1. The van der Waals surface area contributed by atoms with Crippen LogP contribution in [0.25, 0.3) is 0 Å². The van der Waals surface area contributed by atoms with Crippen molar-refractivity contribution < 1.29 is 5.11 Å². The Morgan fingerprint density at radius 1 is 1.86 bits per heavy atom. The van der Waals surface area contributed by atoms with Crippen LogP contribution in [-0.2, 0) is 0 Å². The average molecular weight is 102 g/mol. The molecule has 0 saturated carbocycles.